The Morgan fingerprint density at radius 3 is 2.35 bits per heavy atom. The number of nitrogens with one attached hydrogen (secondary N) is 1. The van der Waals surface area contributed by atoms with Gasteiger partial charge in [-0.3, -0.25) is 0 Å². The van der Waals surface area contributed by atoms with Crippen molar-refractivity contribution in [2.75, 3.05) is 13.6 Å². The van der Waals surface area contributed by atoms with Gasteiger partial charge in [-0.05, 0) is 36.6 Å². The minimum Gasteiger partial charge on any atom is -0.310 e. The van der Waals surface area contributed by atoms with Crippen molar-refractivity contribution < 1.29 is 8.42 Å². The summed E-state index contributed by atoms with van der Waals surface area (Å²) < 4.78 is 26.4. The highest BCUT2D eigenvalue weighted by Gasteiger charge is 2.22. The van der Waals surface area contributed by atoms with E-state index in [0.29, 0.717) is 24.0 Å². The molecular weight excluding hydrogens is 272 g/mol. The fourth-order valence-corrected chi connectivity index (χ4v) is 3.45. The van der Waals surface area contributed by atoms with Gasteiger partial charge < -0.3 is 5.32 Å². The summed E-state index contributed by atoms with van der Waals surface area (Å²) in [6, 6.07) is 4.21. The predicted octanol–water partition coefficient (Wildman–Crippen LogP) is 2.44. The lowest BCUT2D eigenvalue weighted by molar-refractivity contribution is 0.485. The Balaban J connectivity index is 3.26. The van der Waals surface area contributed by atoms with Crippen LogP contribution in [-0.2, 0) is 16.6 Å². The van der Waals surface area contributed by atoms with Crippen LogP contribution in [-0.4, -0.2) is 32.4 Å². The zero-order chi connectivity index (χ0) is 15.5. The first kappa shape index (κ1) is 17.1. The molecule has 0 radical (unpaired) electrons. The van der Waals surface area contributed by atoms with Crippen LogP contribution in [0.1, 0.15) is 37.5 Å². The number of aryl methyl sites for hydroxylation is 1. The highest BCUT2D eigenvalue weighted by molar-refractivity contribution is 7.89. The summed E-state index contributed by atoms with van der Waals surface area (Å²) in [7, 11) is -1.78. The fraction of sp³-hybridized carbons (Fsp3) is 0.600. The molecule has 4 nitrogen and oxygen atoms in total. The molecule has 0 aliphatic rings. The van der Waals surface area contributed by atoms with Gasteiger partial charge in [0.1, 0.15) is 0 Å². The molecule has 1 aromatic rings. The van der Waals surface area contributed by atoms with Crippen LogP contribution in [0, 0.1) is 13.8 Å². The van der Waals surface area contributed by atoms with Gasteiger partial charge in [-0.25, -0.2) is 12.7 Å². The van der Waals surface area contributed by atoms with Gasteiger partial charge >= 0.3 is 0 Å². The van der Waals surface area contributed by atoms with Crippen LogP contribution in [0.3, 0.4) is 0 Å². The molecule has 0 saturated heterocycles. The molecule has 114 valence electrons. The van der Waals surface area contributed by atoms with Crippen molar-refractivity contribution in [2.24, 2.45) is 0 Å². The van der Waals surface area contributed by atoms with Crippen LogP contribution < -0.4 is 5.32 Å². The van der Waals surface area contributed by atoms with E-state index in [1.807, 2.05) is 20.8 Å². The second kappa shape index (κ2) is 6.70. The van der Waals surface area contributed by atoms with Gasteiger partial charge in [0.25, 0.3) is 0 Å². The first-order chi connectivity index (χ1) is 9.20. The van der Waals surface area contributed by atoms with Crippen molar-refractivity contribution in [1.29, 1.82) is 0 Å². The van der Waals surface area contributed by atoms with Gasteiger partial charge in [0.05, 0.1) is 4.90 Å². The Labute approximate surface area is 123 Å². The summed E-state index contributed by atoms with van der Waals surface area (Å²) in [5, 5.41) is 3.32. The van der Waals surface area contributed by atoms with Crippen molar-refractivity contribution >= 4 is 10.0 Å². The van der Waals surface area contributed by atoms with E-state index < -0.39 is 10.0 Å². The monoisotopic (exact) mass is 298 g/mol. The summed E-state index contributed by atoms with van der Waals surface area (Å²) in [5.74, 6) is 0. The molecule has 0 amide bonds. The van der Waals surface area contributed by atoms with Crippen molar-refractivity contribution in [1.82, 2.24) is 9.62 Å². The number of nitrogens with zero attached hydrogens (tertiary/aromatic N) is 1. The summed E-state index contributed by atoms with van der Waals surface area (Å²) in [6.45, 7) is 11.0. The van der Waals surface area contributed by atoms with Crippen molar-refractivity contribution in [3.05, 3.63) is 28.8 Å². The maximum Gasteiger partial charge on any atom is 0.243 e. The highest BCUT2D eigenvalue weighted by Crippen LogP contribution is 2.23. The lowest BCUT2D eigenvalue weighted by Gasteiger charge is -2.19. The smallest absolute Gasteiger partial charge is 0.243 e. The Hall–Kier alpha value is -0.910. The van der Waals surface area contributed by atoms with Gasteiger partial charge in [-0.15, -0.1) is 0 Å². The number of hydrogen-bond donors (Lipinski definition) is 1. The normalized spacial score (nSPS) is 12.4. The Bertz CT molecular complexity index is 565. The van der Waals surface area contributed by atoms with Crippen LogP contribution in [0.5, 0.6) is 0 Å². The largest absolute Gasteiger partial charge is 0.310 e. The van der Waals surface area contributed by atoms with Crippen LogP contribution in [0.15, 0.2) is 17.0 Å². The van der Waals surface area contributed by atoms with Crippen LogP contribution >= 0.6 is 0 Å². The van der Waals surface area contributed by atoms with E-state index in [1.165, 1.54) is 4.31 Å². The average Bonchev–Trinajstić information content (AvgIpc) is 2.38. The quantitative estimate of drug-likeness (QED) is 0.877. The third-order valence-corrected chi connectivity index (χ3v) is 5.59. The zero-order valence-corrected chi connectivity index (χ0v) is 14.1. The van der Waals surface area contributed by atoms with E-state index in [-0.39, 0.29) is 0 Å². The predicted molar refractivity (Wildman–Crippen MR) is 83.4 cm³/mol. The van der Waals surface area contributed by atoms with E-state index in [9.17, 15) is 8.42 Å². The van der Waals surface area contributed by atoms with E-state index in [1.54, 1.807) is 13.1 Å². The summed E-state index contributed by atoms with van der Waals surface area (Å²) >= 11 is 0. The third kappa shape index (κ3) is 3.81. The third-order valence-electron chi connectivity index (χ3n) is 3.53. The number of rotatable bonds is 6. The molecule has 0 bridgehead atoms. The number of sulfonamides is 1. The van der Waals surface area contributed by atoms with E-state index in [4.69, 9.17) is 0 Å². The SMILES string of the molecule is CCN(C)S(=O)(=O)c1cc(CNC(C)C)cc(C)c1C. The number of benzene rings is 1. The summed E-state index contributed by atoms with van der Waals surface area (Å²) in [5.41, 5.74) is 2.85. The molecular formula is C15H26N2O2S. The summed E-state index contributed by atoms with van der Waals surface area (Å²) in [4.78, 5) is 0.419. The Morgan fingerprint density at radius 1 is 1.25 bits per heavy atom. The molecule has 0 saturated carbocycles. The van der Waals surface area contributed by atoms with Crippen molar-refractivity contribution in [2.45, 2.75) is 52.1 Å². The Kier molecular flexibility index (Phi) is 5.74. The molecule has 0 atom stereocenters. The maximum absolute atomic E-state index is 12.5. The molecule has 20 heavy (non-hydrogen) atoms. The second-order valence-electron chi connectivity index (χ2n) is 5.49. The van der Waals surface area contributed by atoms with E-state index in [2.05, 4.69) is 25.2 Å². The lowest BCUT2D eigenvalue weighted by atomic mass is 10.1. The Morgan fingerprint density at radius 2 is 1.85 bits per heavy atom. The van der Waals surface area contributed by atoms with Gasteiger partial charge in [0.2, 0.25) is 10.0 Å². The molecule has 0 fully saturated rings. The molecule has 0 unspecified atom stereocenters. The molecule has 0 heterocycles. The first-order valence-corrected chi connectivity index (χ1v) is 8.44. The molecule has 0 aliphatic heterocycles. The van der Waals surface area contributed by atoms with E-state index >= 15 is 0 Å². The molecule has 5 heteroatoms. The minimum atomic E-state index is -3.40. The lowest BCUT2D eigenvalue weighted by Crippen LogP contribution is -2.28. The topological polar surface area (TPSA) is 49.4 Å². The minimum absolute atomic E-state index is 0.370. The van der Waals surface area contributed by atoms with Crippen LogP contribution in [0.25, 0.3) is 0 Å². The maximum atomic E-state index is 12.5. The molecule has 0 aromatic heterocycles. The van der Waals surface area contributed by atoms with Gasteiger partial charge in [-0.1, -0.05) is 26.8 Å². The van der Waals surface area contributed by atoms with Gasteiger partial charge in [0.15, 0.2) is 0 Å². The molecule has 0 spiro atoms. The van der Waals surface area contributed by atoms with Crippen molar-refractivity contribution in [3.63, 3.8) is 0 Å². The molecule has 0 aliphatic carbocycles. The molecule has 1 aromatic carbocycles. The second-order valence-corrected chi connectivity index (χ2v) is 7.50. The fourth-order valence-electron chi connectivity index (χ4n) is 1.93. The first-order valence-electron chi connectivity index (χ1n) is 7.00. The average molecular weight is 298 g/mol. The van der Waals surface area contributed by atoms with Crippen LogP contribution in [0.4, 0.5) is 0 Å². The molecule has 1 rings (SSSR count). The summed E-state index contributed by atoms with van der Waals surface area (Å²) in [6.07, 6.45) is 0. The highest BCUT2D eigenvalue weighted by atomic mass is 32.2. The molecule has 1 N–H and O–H groups in total. The zero-order valence-electron chi connectivity index (χ0n) is 13.3. The van der Waals surface area contributed by atoms with Crippen molar-refractivity contribution in [3.8, 4) is 0 Å². The van der Waals surface area contributed by atoms with Gasteiger partial charge in [0, 0.05) is 26.2 Å². The number of hydrogen-bond acceptors (Lipinski definition) is 3. The van der Waals surface area contributed by atoms with Gasteiger partial charge in [-0.2, -0.15) is 0 Å². The van der Waals surface area contributed by atoms with Crippen LogP contribution in [0.2, 0.25) is 0 Å². The van der Waals surface area contributed by atoms with E-state index in [0.717, 1.165) is 16.7 Å². The standard InChI is InChI=1S/C15H26N2O2S/c1-7-17(6)20(18,19)15-9-14(10-16-11(2)3)8-12(4)13(15)5/h8-9,11,16H,7,10H2,1-6H3.